The van der Waals surface area contributed by atoms with Gasteiger partial charge in [0, 0.05) is 12.1 Å². The average molecular weight is 264 g/mol. The van der Waals surface area contributed by atoms with Crippen molar-refractivity contribution < 1.29 is 9.47 Å². The van der Waals surface area contributed by atoms with Crippen molar-refractivity contribution >= 4 is 0 Å². The second-order valence-corrected chi connectivity index (χ2v) is 5.84. The monoisotopic (exact) mass is 264 g/mol. The number of nitrogens with one attached hydrogen (secondary N) is 1. The molecule has 4 nitrogen and oxygen atoms in total. The van der Waals surface area contributed by atoms with Crippen LogP contribution in [0.25, 0.3) is 0 Å². The van der Waals surface area contributed by atoms with E-state index < -0.39 is 0 Å². The zero-order valence-corrected chi connectivity index (χ0v) is 12.1. The largest absolute Gasteiger partial charge is 0.486 e. The highest BCUT2D eigenvalue weighted by molar-refractivity contribution is 5.47. The van der Waals surface area contributed by atoms with Gasteiger partial charge in [-0.05, 0) is 57.0 Å². The van der Waals surface area contributed by atoms with Crippen LogP contribution >= 0.6 is 0 Å². The molecule has 0 unspecified atom stereocenters. The first-order valence-electron chi connectivity index (χ1n) is 6.84. The maximum atomic E-state index is 5.96. The van der Waals surface area contributed by atoms with Crippen LogP contribution in [0.1, 0.15) is 31.4 Å². The first kappa shape index (κ1) is 14.2. The summed E-state index contributed by atoms with van der Waals surface area (Å²) in [6.45, 7) is 9.20. The van der Waals surface area contributed by atoms with Crippen molar-refractivity contribution in [3.63, 3.8) is 0 Å². The second kappa shape index (κ2) is 5.80. The molecule has 0 aromatic heterocycles. The third-order valence-electron chi connectivity index (χ3n) is 3.26. The summed E-state index contributed by atoms with van der Waals surface area (Å²) in [6, 6.07) is 4.13. The van der Waals surface area contributed by atoms with Crippen LogP contribution < -0.4 is 20.5 Å². The van der Waals surface area contributed by atoms with Crippen LogP contribution in [0.2, 0.25) is 0 Å². The maximum absolute atomic E-state index is 5.96. The SMILES string of the molecule is Cc1cc2c(cc1CNCCC(C)(C)N)OCCO2. The van der Waals surface area contributed by atoms with Crippen LogP contribution in [0.15, 0.2) is 12.1 Å². The summed E-state index contributed by atoms with van der Waals surface area (Å²) < 4.78 is 11.2. The molecule has 1 aromatic carbocycles. The van der Waals surface area contributed by atoms with Crippen LogP contribution in [0, 0.1) is 6.92 Å². The highest BCUT2D eigenvalue weighted by Gasteiger charge is 2.14. The average Bonchev–Trinajstić information content (AvgIpc) is 2.33. The Kier molecular flexibility index (Phi) is 4.32. The van der Waals surface area contributed by atoms with Gasteiger partial charge in [0.25, 0.3) is 0 Å². The lowest BCUT2D eigenvalue weighted by atomic mass is 10.0. The van der Waals surface area contributed by atoms with Gasteiger partial charge in [-0.25, -0.2) is 0 Å². The zero-order chi connectivity index (χ0) is 13.9. The van der Waals surface area contributed by atoms with Gasteiger partial charge in [0.2, 0.25) is 0 Å². The van der Waals surface area contributed by atoms with Gasteiger partial charge >= 0.3 is 0 Å². The minimum atomic E-state index is -0.116. The Morgan fingerprint density at radius 3 is 2.47 bits per heavy atom. The molecule has 0 bridgehead atoms. The van der Waals surface area contributed by atoms with E-state index in [1.807, 2.05) is 13.8 Å². The molecule has 1 aliphatic rings. The normalized spacial score (nSPS) is 14.5. The molecule has 0 saturated carbocycles. The molecule has 0 atom stereocenters. The van der Waals surface area contributed by atoms with E-state index in [1.54, 1.807) is 0 Å². The van der Waals surface area contributed by atoms with E-state index in [2.05, 4.69) is 24.4 Å². The van der Waals surface area contributed by atoms with Gasteiger partial charge in [-0.15, -0.1) is 0 Å². The fourth-order valence-corrected chi connectivity index (χ4v) is 2.06. The first-order chi connectivity index (χ1) is 8.96. The van der Waals surface area contributed by atoms with E-state index in [1.165, 1.54) is 11.1 Å². The molecule has 4 heteroatoms. The summed E-state index contributed by atoms with van der Waals surface area (Å²) in [7, 11) is 0. The quantitative estimate of drug-likeness (QED) is 0.799. The number of nitrogens with two attached hydrogens (primary N) is 1. The van der Waals surface area contributed by atoms with Gasteiger partial charge in [-0.1, -0.05) is 0 Å². The Morgan fingerprint density at radius 2 is 1.84 bits per heavy atom. The van der Waals surface area contributed by atoms with Crippen molar-refractivity contribution in [1.29, 1.82) is 0 Å². The van der Waals surface area contributed by atoms with E-state index in [9.17, 15) is 0 Å². The minimum absolute atomic E-state index is 0.116. The molecule has 3 N–H and O–H groups in total. The van der Waals surface area contributed by atoms with Crippen molar-refractivity contribution in [2.75, 3.05) is 19.8 Å². The Balaban J connectivity index is 1.93. The number of rotatable bonds is 5. The van der Waals surface area contributed by atoms with Crippen LogP contribution in [-0.4, -0.2) is 25.3 Å². The van der Waals surface area contributed by atoms with E-state index in [0.717, 1.165) is 31.0 Å². The van der Waals surface area contributed by atoms with Gasteiger partial charge < -0.3 is 20.5 Å². The Hall–Kier alpha value is -1.26. The molecule has 0 saturated heterocycles. The molecule has 0 aliphatic carbocycles. The summed E-state index contributed by atoms with van der Waals surface area (Å²) >= 11 is 0. The molecule has 1 aliphatic heterocycles. The van der Waals surface area contributed by atoms with Gasteiger partial charge in [0.15, 0.2) is 11.5 Å². The van der Waals surface area contributed by atoms with Crippen LogP contribution in [0.5, 0.6) is 11.5 Å². The number of aryl methyl sites for hydroxylation is 1. The molecule has 19 heavy (non-hydrogen) atoms. The molecule has 1 heterocycles. The molecule has 0 spiro atoms. The van der Waals surface area contributed by atoms with Crippen molar-refractivity contribution in [2.24, 2.45) is 5.73 Å². The van der Waals surface area contributed by atoms with Gasteiger partial charge in [-0.2, -0.15) is 0 Å². The van der Waals surface area contributed by atoms with Gasteiger partial charge in [0.05, 0.1) is 0 Å². The lowest BCUT2D eigenvalue weighted by Crippen LogP contribution is -2.35. The van der Waals surface area contributed by atoms with Crippen molar-refractivity contribution in [2.45, 2.75) is 39.3 Å². The van der Waals surface area contributed by atoms with Crippen molar-refractivity contribution in [1.82, 2.24) is 5.32 Å². The summed E-state index contributed by atoms with van der Waals surface area (Å²) in [5.74, 6) is 1.71. The van der Waals surface area contributed by atoms with Gasteiger partial charge in [0.1, 0.15) is 13.2 Å². The predicted octanol–water partition coefficient (Wildman–Crippen LogP) is 1.98. The molecular weight excluding hydrogens is 240 g/mol. The van der Waals surface area contributed by atoms with Crippen LogP contribution in [-0.2, 0) is 6.54 Å². The highest BCUT2D eigenvalue weighted by atomic mass is 16.6. The smallest absolute Gasteiger partial charge is 0.161 e. The molecule has 0 radical (unpaired) electrons. The third-order valence-corrected chi connectivity index (χ3v) is 3.26. The van der Waals surface area contributed by atoms with Gasteiger partial charge in [-0.3, -0.25) is 0 Å². The first-order valence-corrected chi connectivity index (χ1v) is 6.84. The minimum Gasteiger partial charge on any atom is -0.486 e. The van der Waals surface area contributed by atoms with E-state index in [4.69, 9.17) is 15.2 Å². The number of hydrogen-bond donors (Lipinski definition) is 2. The number of hydrogen-bond acceptors (Lipinski definition) is 4. The molecule has 0 fully saturated rings. The lowest BCUT2D eigenvalue weighted by Gasteiger charge is -2.21. The predicted molar refractivity (Wildman–Crippen MR) is 76.8 cm³/mol. The highest BCUT2D eigenvalue weighted by Crippen LogP contribution is 2.32. The lowest BCUT2D eigenvalue weighted by molar-refractivity contribution is 0.171. The zero-order valence-electron chi connectivity index (χ0n) is 12.1. The number of ether oxygens (including phenoxy) is 2. The van der Waals surface area contributed by atoms with Crippen molar-refractivity contribution in [3.05, 3.63) is 23.3 Å². The molecule has 0 amide bonds. The standard InChI is InChI=1S/C15H24N2O2/c1-11-8-13-14(19-7-6-18-13)9-12(11)10-17-5-4-15(2,3)16/h8-9,17H,4-7,10,16H2,1-3H3. The molecular formula is C15H24N2O2. The molecule has 2 rings (SSSR count). The third kappa shape index (κ3) is 4.11. The summed E-state index contributed by atoms with van der Waals surface area (Å²) in [4.78, 5) is 0. The number of fused-ring (bicyclic) bond motifs is 1. The Labute approximate surface area is 115 Å². The van der Waals surface area contributed by atoms with E-state index in [-0.39, 0.29) is 5.54 Å². The van der Waals surface area contributed by atoms with Crippen LogP contribution in [0.3, 0.4) is 0 Å². The number of benzene rings is 1. The van der Waals surface area contributed by atoms with Crippen molar-refractivity contribution in [3.8, 4) is 11.5 Å². The summed E-state index contributed by atoms with van der Waals surface area (Å²) in [6.07, 6.45) is 0.955. The molecule has 106 valence electrons. The van der Waals surface area contributed by atoms with Crippen LogP contribution in [0.4, 0.5) is 0 Å². The molecule has 1 aromatic rings. The van der Waals surface area contributed by atoms with E-state index >= 15 is 0 Å². The van der Waals surface area contributed by atoms with E-state index in [0.29, 0.717) is 13.2 Å². The maximum Gasteiger partial charge on any atom is 0.161 e. The Bertz CT molecular complexity index is 439. The fraction of sp³-hybridized carbons (Fsp3) is 0.600. The fourth-order valence-electron chi connectivity index (χ4n) is 2.06. The summed E-state index contributed by atoms with van der Waals surface area (Å²) in [5, 5.41) is 3.43. The topological polar surface area (TPSA) is 56.5 Å². The Morgan fingerprint density at radius 1 is 1.21 bits per heavy atom. The summed E-state index contributed by atoms with van der Waals surface area (Å²) in [5.41, 5.74) is 8.32. The second-order valence-electron chi connectivity index (χ2n) is 5.84.